The van der Waals surface area contributed by atoms with Crippen LogP contribution in [0.1, 0.15) is 18.4 Å². The summed E-state index contributed by atoms with van der Waals surface area (Å²) in [5.74, 6) is 0.915. The quantitative estimate of drug-likeness (QED) is 0.640. The third-order valence-electron chi connectivity index (χ3n) is 4.69. The van der Waals surface area contributed by atoms with Crippen molar-refractivity contribution in [3.63, 3.8) is 0 Å². The summed E-state index contributed by atoms with van der Waals surface area (Å²) in [6.45, 7) is 0.847. The van der Waals surface area contributed by atoms with Crippen LogP contribution in [0.25, 0.3) is 10.8 Å². The zero-order valence-electron chi connectivity index (χ0n) is 13.7. The fourth-order valence-corrected chi connectivity index (χ4v) is 3.65. The standard InChI is InChI=1S/C20H19Cl2N3/c21-15-3-1-2-13(8-15)12-24-17-10-18(11-17)25-20-19-9-16(22)5-4-14(19)6-7-23-20/h1-9,17-18,24H,10-12H2,(H,23,25)/t17-,18-. The van der Waals surface area contributed by atoms with E-state index in [0.717, 1.165) is 46.0 Å². The van der Waals surface area contributed by atoms with Gasteiger partial charge in [-0.05, 0) is 54.1 Å². The minimum Gasteiger partial charge on any atom is -0.367 e. The summed E-state index contributed by atoms with van der Waals surface area (Å²) in [7, 11) is 0. The van der Waals surface area contributed by atoms with Crippen molar-refractivity contribution in [2.75, 3.05) is 5.32 Å². The molecule has 1 heterocycles. The molecule has 0 saturated heterocycles. The molecule has 1 fully saturated rings. The molecule has 25 heavy (non-hydrogen) atoms. The van der Waals surface area contributed by atoms with Crippen molar-refractivity contribution >= 4 is 39.8 Å². The topological polar surface area (TPSA) is 37.0 Å². The molecule has 1 aliphatic carbocycles. The molecule has 0 atom stereocenters. The number of hydrogen-bond donors (Lipinski definition) is 2. The van der Waals surface area contributed by atoms with E-state index < -0.39 is 0 Å². The predicted octanol–water partition coefficient (Wildman–Crippen LogP) is 5.27. The number of aromatic nitrogens is 1. The minimum atomic E-state index is 0.439. The van der Waals surface area contributed by atoms with Crippen molar-refractivity contribution in [2.24, 2.45) is 0 Å². The fraction of sp³-hybridized carbons (Fsp3) is 0.250. The van der Waals surface area contributed by atoms with Crippen LogP contribution in [0, 0.1) is 0 Å². The minimum absolute atomic E-state index is 0.439. The molecule has 0 radical (unpaired) electrons. The summed E-state index contributed by atoms with van der Waals surface area (Å²) in [6.07, 6.45) is 4.00. The molecule has 0 aliphatic heterocycles. The lowest BCUT2D eigenvalue weighted by Gasteiger charge is -2.37. The third kappa shape index (κ3) is 3.90. The molecule has 1 aromatic heterocycles. The van der Waals surface area contributed by atoms with Gasteiger partial charge in [-0.2, -0.15) is 0 Å². The van der Waals surface area contributed by atoms with Crippen molar-refractivity contribution in [3.05, 3.63) is 70.3 Å². The molecule has 0 spiro atoms. The van der Waals surface area contributed by atoms with Gasteiger partial charge in [0.05, 0.1) is 0 Å². The summed E-state index contributed by atoms with van der Waals surface area (Å²) in [4.78, 5) is 4.49. The van der Waals surface area contributed by atoms with Crippen molar-refractivity contribution in [1.82, 2.24) is 10.3 Å². The molecular weight excluding hydrogens is 353 g/mol. The number of halogens is 2. The molecule has 0 bridgehead atoms. The zero-order chi connectivity index (χ0) is 17.2. The van der Waals surface area contributed by atoms with Gasteiger partial charge in [-0.25, -0.2) is 4.98 Å². The fourth-order valence-electron chi connectivity index (χ4n) is 3.26. The van der Waals surface area contributed by atoms with E-state index in [-0.39, 0.29) is 0 Å². The van der Waals surface area contributed by atoms with E-state index in [0.29, 0.717) is 12.1 Å². The van der Waals surface area contributed by atoms with Gasteiger partial charge in [0.2, 0.25) is 0 Å². The maximum absolute atomic E-state index is 6.13. The molecule has 0 amide bonds. The van der Waals surface area contributed by atoms with Crippen LogP contribution in [-0.4, -0.2) is 17.1 Å². The third-order valence-corrected chi connectivity index (χ3v) is 5.16. The number of nitrogens with zero attached hydrogens (tertiary/aromatic N) is 1. The summed E-state index contributed by atoms with van der Waals surface area (Å²) in [6, 6.07) is 16.9. The average Bonchev–Trinajstić information content (AvgIpc) is 2.57. The monoisotopic (exact) mass is 371 g/mol. The van der Waals surface area contributed by atoms with Gasteiger partial charge in [-0.3, -0.25) is 0 Å². The first kappa shape index (κ1) is 16.6. The Morgan fingerprint density at radius 3 is 2.64 bits per heavy atom. The van der Waals surface area contributed by atoms with Crippen molar-refractivity contribution < 1.29 is 0 Å². The molecule has 2 aromatic carbocycles. The highest BCUT2D eigenvalue weighted by molar-refractivity contribution is 6.31. The molecule has 4 rings (SSSR count). The van der Waals surface area contributed by atoms with E-state index in [2.05, 4.69) is 21.7 Å². The van der Waals surface area contributed by atoms with E-state index in [9.17, 15) is 0 Å². The lowest BCUT2D eigenvalue weighted by atomic mass is 9.86. The largest absolute Gasteiger partial charge is 0.367 e. The van der Waals surface area contributed by atoms with Crippen molar-refractivity contribution in [1.29, 1.82) is 0 Å². The molecule has 128 valence electrons. The number of pyridine rings is 1. The Hall–Kier alpha value is -1.81. The second-order valence-electron chi connectivity index (χ2n) is 6.55. The van der Waals surface area contributed by atoms with Crippen molar-refractivity contribution in [3.8, 4) is 0 Å². The second kappa shape index (κ2) is 7.20. The summed E-state index contributed by atoms with van der Waals surface area (Å²) in [5, 5.41) is 10.9. The summed E-state index contributed by atoms with van der Waals surface area (Å²) < 4.78 is 0. The van der Waals surface area contributed by atoms with Gasteiger partial charge in [0.1, 0.15) is 5.82 Å². The number of benzene rings is 2. The normalized spacial score (nSPS) is 19.6. The van der Waals surface area contributed by atoms with Crippen LogP contribution in [0.3, 0.4) is 0 Å². The first-order valence-electron chi connectivity index (χ1n) is 8.46. The van der Waals surface area contributed by atoms with Crippen LogP contribution >= 0.6 is 23.2 Å². The molecule has 3 nitrogen and oxygen atoms in total. The number of rotatable bonds is 5. The molecule has 1 saturated carbocycles. The van der Waals surface area contributed by atoms with Crippen LogP contribution in [0.2, 0.25) is 10.0 Å². The van der Waals surface area contributed by atoms with Gasteiger partial charge in [0.25, 0.3) is 0 Å². The molecule has 2 N–H and O–H groups in total. The first-order chi connectivity index (χ1) is 12.2. The highest BCUT2D eigenvalue weighted by atomic mass is 35.5. The smallest absolute Gasteiger partial charge is 0.134 e. The summed E-state index contributed by atoms with van der Waals surface area (Å²) >= 11 is 12.2. The van der Waals surface area contributed by atoms with Gasteiger partial charge in [0, 0.05) is 40.3 Å². The van der Waals surface area contributed by atoms with E-state index in [1.165, 1.54) is 5.56 Å². The van der Waals surface area contributed by atoms with E-state index in [1.807, 2.05) is 48.7 Å². The Bertz CT molecular complexity index is 891. The van der Waals surface area contributed by atoms with Crippen LogP contribution in [0.4, 0.5) is 5.82 Å². The lowest BCUT2D eigenvalue weighted by molar-refractivity contribution is 0.307. The van der Waals surface area contributed by atoms with Gasteiger partial charge >= 0.3 is 0 Å². The molecular formula is C20H19Cl2N3. The molecule has 0 unspecified atom stereocenters. The Balaban J connectivity index is 1.33. The number of anilines is 1. The SMILES string of the molecule is Clc1cccc(CN[C@H]2C[C@H](Nc3nccc4ccc(Cl)cc34)C2)c1. The maximum atomic E-state index is 6.13. The van der Waals surface area contributed by atoms with E-state index in [1.54, 1.807) is 0 Å². The van der Waals surface area contributed by atoms with Gasteiger partial charge < -0.3 is 10.6 Å². The van der Waals surface area contributed by atoms with Crippen LogP contribution < -0.4 is 10.6 Å². The zero-order valence-corrected chi connectivity index (χ0v) is 15.2. The second-order valence-corrected chi connectivity index (χ2v) is 7.42. The highest BCUT2D eigenvalue weighted by Crippen LogP contribution is 2.29. The molecule has 3 aromatic rings. The van der Waals surface area contributed by atoms with Gasteiger partial charge in [-0.1, -0.05) is 41.4 Å². The number of hydrogen-bond acceptors (Lipinski definition) is 3. The highest BCUT2D eigenvalue weighted by Gasteiger charge is 2.29. The first-order valence-corrected chi connectivity index (χ1v) is 9.21. The van der Waals surface area contributed by atoms with Crippen LogP contribution in [0.15, 0.2) is 54.7 Å². The van der Waals surface area contributed by atoms with Crippen LogP contribution in [0.5, 0.6) is 0 Å². The van der Waals surface area contributed by atoms with Crippen LogP contribution in [-0.2, 0) is 6.54 Å². The Morgan fingerprint density at radius 1 is 0.960 bits per heavy atom. The van der Waals surface area contributed by atoms with E-state index in [4.69, 9.17) is 23.2 Å². The maximum Gasteiger partial charge on any atom is 0.134 e. The van der Waals surface area contributed by atoms with Gasteiger partial charge in [0.15, 0.2) is 0 Å². The molecule has 1 aliphatic rings. The Kier molecular flexibility index (Phi) is 4.80. The lowest BCUT2D eigenvalue weighted by Crippen LogP contribution is -2.47. The average molecular weight is 372 g/mol. The predicted molar refractivity (Wildman–Crippen MR) is 105 cm³/mol. The molecule has 5 heteroatoms. The number of fused-ring (bicyclic) bond motifs is 1. The summed E-state index contributed by atoms with van der Waals surface area (Å²) in [5.41, 5.74) is 1.22. The Labute approximate surface area is 157 Å². The van der Waals surface area contributed by atoms with E-state index >= 15 is 0 Å². The van der Waals surface area contributed by atoms with Crippen molar-refractivity contribution in [2.45, 2.75) is 31.5 Å². The number of nitrogens with one attached hydrogen (secondary N) is 2. The van der Waals surface area contributed by atoms with Gasteiger partial charge in [-0.15, -0.1) is 0 Å². The Morgan fingerprint density at radius 2 is 1.80 bits per heavy atom.